The zero-order chi connectivity index (χ0) is 25.8. The van der Waals surface area contributed by atoms with Crippen molar-refractivity contribution >= 4 is 5.97 Å². The number of hydrogen-bond acceptors (Lipinski definition) is 6. The van der Waals surface area contributed by atoms with Crippen molar-refractivity contribution in [2.75, 3.05) is 13.7 Å². The van der Waals surface area contributed by atoms with E-state index < -0.39 is 12.2 Å². The van der Waals surface area contributed by atoms with Crippen LogP contribution in [0.1, 0.15) is 96.8 Å². The molecule has 0 amide bonds. The van der Waals surface area contributed by atoms with Crippen LogP contribution in [0.15, 0.2) is 24.3 Å². The number of allylic oxidation sites excluding steroid dienone is 2. The van der Waals surface area contributed by atoms with E-state index in [1.54, 1.807) is 0 Å². The van der Waals surface area contributed by atoms with Gasteiger partial charge in [-0.3, -0.25) is 4.79 Å². The van der Waals surface area contributed by atoms with Crippen molar-refractivity contribution in [2.45, 2.75) is 121 Å². The van der Waals surface area contributed by atoms with E-state index in [1.807, 2.05) is 6.08 Å². The lowest BCUT2D eigenvalue weighted by Gasteiger charge is -2.31. The van der Waals surface area contributed by atoms with Gasteiger partial charge in [0.2, 0.25) is 0 Å². The van der Waals surface area contributed by atoms with Crippen LogP contribution in [0.2, 0.25) is 0 Å². The molecule has 206 valence electrons. The van der Waals surface area contributed by atoms with Gasteiger partial charge in [0.25, 0.3) is 0 Å². The van der Waals surface area contributed by atoms with Gasteiger partial charge in [-0.25, -0.2) is 0 Å². The molecule has 0 bridgehead atoms. The Kier molecular flexibility index (Phi) is 13.0. The maximum Gasteiger partial charge on any atom is 0.305 e. The molecule has 0 aromatic rings. The Balaban J connectivity index is 1.58. The molecule has 0 radical (unpaired) electrons. The predicted molar refractivity (Wildman–Crippen MR) is 141 cm³/mol. The average molecular weight is 507 g/mol. The zero-order valence-corrected chi connectivity index (χ0v) is 22.6. The normalized spacial score (nSPS) is 34.4. The van der Waals surface area contributed by atoms with Crippen LogP contribution < -0.4 is 0 Å². The van der Waals surface area contributed by atoms with Gasteiger partial charge in [-0.2, -0.15) is 0 Å². The molecule has 2 N–H and O–H groups in total. The predicted octanol–water partition coefficient (Wildman–Crippen LogP) is 5.71. The largest absolute Gasteiger partial charge is 0.469 e. The van der Waals surface area contributed by atoms with E-state index in [0.717, 1.165) is 63.9 Å². The van der Waals surface area contributed by atoms with Crippen molar-refractivity contribution in [2.24, 2.45) is 23.7 Å². The summed E-state index contributed by atoms with van der Waals surface area (Å²) in [5.74, 6) is 1.05. The molecule has 1 heterocycles. The van der Waals surface area contributed by atoms with Gasteiger partial charge in [-0.05, 0) is 69.1 Å². The maximum absolute atomic E-state index is 11.3. The molecule has 3 aliphatic rings. The van der Waals surface area contributed by atoms with E-state index in [0.29, 0.717) is 18.8 Å². The number of carbonyl (C=O) groups excluding carboxylic acids is 1. The lowest BCUT2D eigenvalue weighted by molar-refractivity contribution is -0.193. The third-order valence-electron chi connectivity index (χ3n) is 8.51. The number of rotatable bonds is 13. The summed E-state index contributed by atoms with van der Waals surface area (Å²) in [4.78, 5) is 11.3. The number of methoxy groups -OCH3 is 1. The van der Waals surface area contributed by atoms with Crippen molar-refractivity contribution in [3.05, 3.63) is 24.3 Å². The van der Waals surface area contributed by atoms with Gasteiger partial charge >= 0.3 is 5.97 Å². The first-order chi connectivity index (χ1) is 17.5. The number of carbonyl (C=O) groups is 1. The highest BCUT2D eigenvalue weighted by Gasteiger charge is 2.42. The summed E-state index contributed by atoms with van der Waals surface area (Å²) in [6.45, 7) is 2.99. The quantitative estimate of drug-likeness (QED) is 0.189. The van der Waals surface area contributed by atoms with E-state index in [4.69, 9.17) is 14.2 Å². The van der Waals surface area contributed by atoms with E-state index >= 15 is 0 Å². The number of unbranched alkanes of at least 4 members (excludes halogenated alkanes) is 1. The fourth-order valence-electron chi connectivity index (χ4n) is 6.31. The summed E-state index contributed by atoms with van der Waals surface area (Å²) in [5.41, 5.74) is 0. The Morgan fingerprint density at radius 3 is 2.64 bits per heavy atom. The summed E-state index contributed by atoms with van der Waals surface area (Å²) < 4.78 is 16.9. The van der Waals surface area contributed by atoms with Crippen LogP contribution >= 0.6 is 0 Å². The van der Waals surface area contributed by atoms with Crippen molar-refractivity contribution in [3.8, 4) is 0 Å². The Labute approximate surface area is 218 Å². The molecular formula is C30H50O6. The topological polar surface area (TPSA) is 85.2 Å². The molecule has 0 spiro atoms. The van der Waals surface area contributed by atoms with E-state index in [-0.39, 0.29) is 30.2 Å². The maximum atomic E-state index is 11.3. The first-order valence-corrected chi connectivity index (χ1v) is 14.5. The van der Waals surface area contributed by atoms with E-state index in [1.165, 1.54) is 32.8 Å². The van der Waals surface area contributed by atoms with Crippen LogP contribution in [0.3, 0.4) is 0 Å². The Hall–Kier alpha value is -1.21. The smallest absolute Gasteiger partial charge is 0.305 e. The summed E-state index contributed by atoms with van der Waals surface area (Å²) >= 11 is 0. The second-order valence-corrected chi connectivity index (χ2v) is 11.1. The number of esters is 1. The molecule has 2 aliphatic carbocycles. The molecule has 1 saturated heterocycles. The number of ether oxygens (including phenoxy) is 3. The average Bonchev–Trinajstić information content (AvgIpc) is 3.18. The van der Waals surface area contributed by atoms with Gasteiger partial charge < -0.3 is 24.4 Å². The standard InChI is InChI=1S/C30H50O6/c1-3-10-22-14-16-23(17-15-22)26(31)19-18-25-24(11-6-4-5-7-12-29(33)34-2)27(32)21-28(25)36-30-13-8-9-20-35-30/h4,6,18-19,22-28,30-32H,3,5,7-17,20-21H2,1-2H3/b6-4-,19-18+/t22?,23?,24-,25-,26-,27+,28-,30?/m1/s1. The molecule has 6 heteroatoms. The Morgan fingerprint density at radius 1 is 1.14 bits per heavy atom. The fraction of sp³-hybridized carbons (Fsp3) is 0.833. The highest BCUT2D eigenvalue weighted by atomic mass is 16.7. The minimum absolute atomic E-state index is 0.0383. The SMILES string of the molecule is CCCC1CCC([C@H](O)/C=C/[C@@H]2[C@@H](C/C=C\CCCC(=O)OC)[C@@H](O)C[C@H]2OC2CCCCO2)CC1. The Morgan fingerprint density at radius 2 is 1.94 bits per heavy atom. The molecule has 6 atom stereocenters. The lowest BCUT2D eigenvalue weighted by Crippen LogP contribution is -2.31. The molecule has 0 aromatic heterocycles. The van der Waals surface area contributed by atoms with E-state index in [9.17, 15) is 15.0 Å². The minimum Gasteiger partial charge on any atom is -0.469 e. The molecule has 1 unspecified atom stereocenters. The zero-order valence-electron chi connectivity index (χ0n) is 22.6. The molecule has 0 aromatic carbocycles. The molecular weight excluding hydrogens is 456 g/mol. The van der Waals surface area contributed by atoms with Gasteiger partial charge in [0, 0.05) is 25.4 Å². The van der Waals surface area contributed by atoms with Crippen LogP contribution in [-0.2, 0) is 19.0 Å². The molecule has 6 nitrogen and oxygen atoms in total. The summed E-state index contributed by atoms with van der Waals surface area (Å²) in [7, 11) is 1.42. The second kappa shape index (κ2) is 15.9. The highest BCUT2D eigenvalue weighted by Crippen LogP contribution is 2.40. The molecule has 2 saturated carbocycles. The second-order valence-electron chi connectivity index (χ2n) is 11.1. The minimum atomic E-state index is -0.449. The first-order valence-electron chi connectivity index (χ1n) is 14.5. The molecule has 3 fully saturated rings. The number of aliphatic hydroxyl groups is 2. The van der Waals surface area contributed by atoms with Crippen LogP contribution in [0.5, 0.6) is 0 Å². The highest BCUT2D eigenvalue weighted by molar-refractivity contribution is 5.69. The van der Waals surface area contributed by atoms with Crippen LogP contribution in [0, 0.1) is 23.7 Å². The monoisotopic (exact) mass is 506 g/mol. The summed E-state index contributed by atoms with van der Waals surface area (Å²) in [5, 5.41) is 21.9. The first kappa shape index (κ1) is 29.3. The van der Waals surface area contributed by atoms with Crippen molar-refractivity contribution in [3.63, 3.8) is 0 Å². The van der Waals surface area contributed by atoms with Gasteiger partial charge in [-0.1, -0.05) is 56.9 Å². The van der Waals surface area contributed by atoms with Gasteiger partial charge in [0.15, 0.2) is 6.29 Å². The van der Waals surface area contributed by atoms with Crippen molar-refractivity contribution in [1.82, 2.24) is 0 Å². The van der Waals surface area contributed by atoms with Crippen LogP contribution in [-0.4, -0.2) is 54.5 Å². The Bertz CT molecular complexity index is 677. The summed E-state index contributed by atoms with van der Waals surface area (Å²) in [6.07, 6.45) is 20.7. The summed E-state index contributed by atoms with van der Waals surface area (Å²) in [6, 6.07) is 0. The third kappa shape index (κ3) is 9.27. The van der Waals surface area contributed by atoms with E-state index in [2.05, 4.69) is 25.2 Å². The lowest BCUT2D eigenvalue weighted by atomic mass is 9.77. The molecule has 36 heavy (non-hydrogen) atoms. The molecule has 1 aliphatic heterocycles. The van der Waals surface area contributed by atoms with Gasteiger partial charge in [-0.15, -0.1) is 0 Å². The number of hydrogen-bond donors (Lipinski definition) is 2. The third-order valence-corrected chi connectivity index (χ3v) is 8.51. The van der Waals surface area contributed by atoms with Gasteiger partial charge in [0.05, 0.1) is 25.4 Å². The van der Waals surface area contributed by atoms with Crippen LogP contribution in [0.25, 0.3) is 0 Å². The number of aliphatic hydroxyl groups excluding tert-OH is 2. The van der Waals surface area contributed by atoms with Gasteiger partial charge in [0.1, 0.15) is 0 Å². The van der Waals surface area contributed by atoms with Crippen molar-refractivity contribution < 1.29 is 29.2 Å². The van der Waals surface area contributed by atoms with Crippen molar-refractivity contribution in [1.29, 1.82) is 0 Å². The molecule has 3 rings (SSSR count). The fourth-order valence-corrected chi connectivity index (χ4v) is 6.31. The van der Waals surface area contributed by atoms with Crippen LogP contribution in [0.4, 0.5) is 0 Å².